The minimum Gasteiger partial charge on any atom is -0.339 e. The number of benzene rings is 1. The van der Waals surface area contributed by atoms with Gasteiger partial charge in [0.25, 0.3) is 0 Å². The number of hydrogen-bond acceptors (Lipinski definition) is 5. The lowest BCUT2D eigenvalue weighted by Gasteiger charge is -2.28. The van der Waals surface area contributed by atoms with Gasteiger partial charge in [0, 0.05) is 36.0 Å². The highest BCUT2D eigenvalue weighted by Gasteiger charge is 2.30. The molecule has 0 spiro atoms. The van der Waals surface area contributed by atoms with Crippen molar-refractivity contribution in [1.82, 2.24) is 19.4 Å². The Morgan fingerprint density at radius 1 is 1.10 bits per heavy atom. The first-order valence-electron chi connectivity index (χ1n) is 9.46. The highest BCUT2D eigenvalue weighted by molar-refractivity contribution is 5.87. The van der Waals surface area contributed by atoms with E-state index in [1.54, 1.807) is 37.3 Å². The highest BCUT2D eigenvalue weighted by Crippen LogP contribution is 2.33. The number of nitrogens with two attached hydrogens (primary N) is 1. The molecule has 3 heterocycles. The number of aryl methyl sites for hydroxylation is 1. The quantitative estimate of drug-likeness (QED) is 0.714. The van der Waals surface area contributed by atoms with Gasteiger partial charge in [-0.25, -0.2) is 4.98 Å². The van der Waals surface area contributed by atoms with E-state index >= 15 is 0 Å². The number of fused-ring (bicyclic) bond motifs is 1. The third-order valence-electron chi connectivity index (χ3n) is 4.77. The topological polar surface area (TPSA) is 89.1 Å². The molecule has 7 heteroatoms. The molecule has 0 radical (unpaired) electrons. The molecule has 29 heavy (non-hydrogen) atoms. The maximum atomic E-state index is 12.6. The van der Waals surface area contributed by atoms with Crippen molar-refractivity contribution in [2.75, 3.05) is 5.32 Å². The molecule has 3 N–H and O–H groups in total. The Morgan fingerprint density at radius 2 is 1.79 bits per heavy atom. The van der Waals surface area contributed by atoms with Gasteiger partial charge in [0.15, 0.2) is 0 Å². The number of imidazole rings is 1. The van der Waals surface area contributed by atoms with Crippen LogP contribution in [0.1, 0.15) is 25.2 Å². The average Bonchev–Trinajstić information content (AvgIpc) is 3.06. The van der Waals surface area contributed by atoms with Crippen LogP contribution >= 0.6 is 0 Å². The van der Waals surface area contributed by atoms with Crippen LogP contribution in [0.3, 0.4) is 0 Å². The fraction of sp³-hybridized carbons (Fsp3) is 0.227. The van der Waals surface area contributed by atoms with Gasteiger partial charge in [0.1, 0.15) is 17.3 Å². The van der Waals surface area contributed by atoms with Crippen LogP contribution in [0.2, 0.25) is 0 Å². The molecule has 4 rings (SSSR count). The van der Waals surface area contributed by atoms with Crippen LogP contribution in [0, 0.1) is 6.92 Å². The number of pyridine rings is 1. The third-order valence-corrected chi connectivity index (χ3v) is 4.77. The van der Waals surface area contributed by atoms with E-state index in [1.165, 1.54) is 5.56 Å². The zero-order valence-corrected chi connectivity index (χ0v) is 16.8. The molecule has 7 nitrogen and oxygen atoms in total. The number of hydrogen-bond donors (Lipinski definition) is 2. The first-order chi connectivity index (χ1) is 13.8. The van der Waals surface area contributed by atoms with E-state index in [0.717, 1.165) is 28.6 Å². The van der Waals surface area contributed by atoms with Gasteiger partial charge >= 0.3 is 0 Å². The molecule has 0 unspecified atom stereocenters. The number of carbonyl (C=O) groups is 1. The molecule has 0 saturated heterocycles. The standard InChI is InChI=1S/C22H24N6O/c1-15-4-6-17(7-5-15)25-20-19(16-8-10-24-11-9-16)26-18-14-27(12-13-28(18)20)21(29)22(2,3)23/h4-13,25H,14,23H2,1-3H3. The number of nitrogens with one attached hydrogen (secondary N) is 1. The first kappa shape index (κ1) is 18.9. The van der Waals surface area contributed by atoms with E-state index in [0.29, 0.717) is 6.54 Å². The van der Waals surface area contributed by atoms with E-state index in [-0.39, 0.29) is 5.91 Å². The fourth-order valence-corrected chi connectivity index (χ4v) is 3.22. The van der Waals surface area contributed by atoms with Crippen molar-refractivity contribution in [2.24, 2.45) is 5.73 Å². The zero-order chi connectivity index (χ0) is 20.6. The molecule has 2 aromatic heterocycles. The van der Waals surface area contributed by atoms with Gasteiger partial charge in [-0.3, -0.25) is 14.3 Å². The summed E-state index contributed by atoms with van der Waals surface area (Å²) >= 11 is 0. The molecule has 1 aromatic carbocycles. The van der Waals surface area contributed by atoms with Gasteiger partial charge < -0.3 is 16.0 Å². The Labute approximate surface area is 169 Å². The van der Waals surface area contributed by atoms with Gasteiger partial charge in [-0.2, -0.15) is 0 Å². The smallest absolute Gasteiger partial charge is 0.246 e. The summed E-state index contributed by atoms with van der Waals surface area (Å²) in [4.78, 5) is 23.1. The van der Waals surface area contributed by atoms with Crippen LogP contribution in [0.4, 0.5) is 11.5 Å². The van der Waals surface area contributed by atoms with Crippen molar-refractivity contribution >= 4 is 23.6 Å². The van der Waals surface area contributed by atoms with Crippen LogP contribution in [-0.4, -0.2) is 30.9 Å². The highest BCUT2D eigenvalue weighted by atomic mass is 16.2. The van der Waals surface area contributed by atoms with Crippen molar-refractivity contribution in [3.63, 3.8) is 0 Å². The molecule has 0 atom stereocenters. The molecule has 1 aliphatic heterocycles. The van der Waals surface area contributed by atoms with Gasteiger partial charge in [0.2, 0.25) is 5.91 Å². The first-order valence-corrected chi connectivity index (χ1v) is 9.46. The maximum Gasteiger partial charge on any atom is 0.246 e. The van der Waals surface area contributed by atoms with Gasteiger partial charge in [0.05, 0.1) is 12.1 Å². The molecule has 148 valence electrons. The molecule has 0 bridgehead atoms. The third kappa shape index (κ3) is 3.77. The molecular formula is C22H24N6O. The summed E-state index contributed by atoms with van der Waals surface area (Å²) in [5, 5.41) is 3.48. The Kier molecular flexibility index (Phi) is 4.68. The second-order valence-electron chi connectivity index (χ2n) is 7.78. The monoisotopic (exact) mass is 388 g/mol. The second-order valence-corrected chi connectivity index (χ2v) is 7.78. The minimum absolute atomic E-state index is 0.151. The summed E-state index contributed by atoms with van der Waals surface area (Å²) in [6.07, 6.45) is 7.08. The molecule has 1 amide bonds. The number of carbonyl (C=O) groups excluding carboxylic acids is 1. The largest absolute Gasteiger partial charge is 0.339 e. The van der Waals surface area contributed by atoms with E-state index in [4.69, 9.17) is 10.7 Å². The Balaban J connectivity index is 1.76. The number of nitrogens with zero attached hydrogens (tertiary/aromatic N) is 4. The number of anilines is 2. The summed E-state index contributed by atoms with van der Waals surface area (Å²) in [6.45, 7) is 5.82. The van der Waals surface area contributed by atoms with E-state index in [9.17, 15) is 4.79 Å². The van der Waals surface area contributed by atoms with Crippen LogP contribution < -0.4 is 11.1 Å². The molecule has 0 fully saturated rings. The summed E-state index contributed by atoms with van der Waals surface area (Å²) in [5.74, 6) is 1.44. The van der Waals surface area contributed by atoms with Crippen molar-refractivity contribution < 1.29 is 4.79 Å². The normalized spacial score (nSPS) is 13.3. The Hall–Kier alpha value is -3.45. The zero-order valence-electron chi connectivity index (χ0n) is 16.8. The molecule has 3 aromatic rings. The van der Waals surface area contributed by atoms with Crippen molar-refractivity contribution in [1.29, 1.82) is 0 Å². The summed E-state index contributed by atoms with van der Waals surface area (Å²) < 4.78 is 1.98. The van der Waals surface area contributed by atoms with Gasteiger partial charge in [-0.1, -0.05) is 17.7 Å². The molecule has 0 saturated carbocycles. The van der Waals surface area contributed by atoms with Crippen molar-refractivity contribution in [3.8, 4) is 11.3 Å². The predicted octanol–water partition coefficient (Wildman–Crippen LogP) is 3.50. The SMILES string of the molecule is Cc1ccc(Nc2c(-c3ccncc3)nc3n2C=CN(C(=O)C(C)(C)N)C3)cc1. The lowest BCUT2D eigenvalue weighted by atomic mass is 10.1. The van der Waals surface area contributed by atoms with Crippen molar-refractivity contribution in [2.45, 2.75) is 32.9 Å². The lowest BCUT2D eigenvalue weighted by molar-refractivity contribution is -0.133. The maximum absolute atomic E-state index is 12.6. The van der Waals surface area contributed by atoms with Crippen molar-refractivity contribution in [3.05, 3.63) is 66.4 Å². The Morgan fingerprint density at radius 3 is 2.45 bits per heavy atom. The number of amides is 1. The van der Waals surface area contributed by atoms with Crippen LogP contribution in [-0.2, 0) is 11.3 Å². The van der Waals surface area contributed by atoms with Crippen LogP contribution in [0.25, 0.3) is 17.5 Å². The van der Waals surface area contributed by atoms with Crippen LogP contribution in [0.15, 0.2) is 55.0 Å². The summed E-state index contributed by atoms with van der Waals surface area (Å²) in [5.41, 5.74) is 8.95. The minimum atomic E-state index is -0.948. The summed E-state index contributed by atoms with van der Waals surface area (Å²) in [6, 6.07) is 12.0. The molecular weight excluding hydrogens is 364 g/mol. The van der Waals surface area contributed by atoms with Crippen LogP contribution in [0.5, 0.6) is 0 Å². The second kappa shape index (κ2) is 7.18. The van der Waals surface area contributed by atoms with E-state index < -0.39 is 5.54 Å². The average molecular weight is 388 g/mol. The predicted molar refractivity (Wildman–Crippen MR) is 114 cm³/mol. The summed E-state index contributed by atoms with van der Waals surface area (Å²) in [7, 11) is 0. The molecule has 1 aliphatic rings. The van der Waals surface area contributed by atoms with E-state index in [1.807, 2.05) is 35.0 Å². The van der Waals surface area contributed by atoms with Gasteiger partial charge in [-0.15, -0.1) is 0 Å². The Bertz CT molecular complexity index is 1060. The lowest BCUT2D eigenvalue weighted by Crippen LogP contribution is -2.49. The molecule has 0 aliphatic carbocycles. The number of aromatic nitrogens is 3. The fourth-order valence-electron chi connectivity index (χ4n) is 3.22. The van der Waals surface area contributed by atoms with E-state index in [2.05, 4.69) is 29.4 Å². The van der Waals surface area contributed by atoms with Gasteiger partial charge in [-0.05, 0) is 45.0 Å². The number of rotatable bonds is 4.